The zero-order chi connectivity index (χ0) is 12.4. The van der Waals surface area contributed by atoms with Crippen LogP contribution in [0.25, 0.3) is 10.4 Å². The summed E-state index contributed by atoms with van der Waals surface area (Å²) < 4.78 is 0. The maximum Gasteiger partial charge on any atom is 0.0383 e. The Morgan fingerprint density at radius 1 is 1.12 bits per heavy atom. The van der Waals surface area contributed by atoms with Gasteiger partial charge in [-0.25, -0.2) is 0 Å². The lowest BCUT2D eigenvalue weighted by Gasteiger charge is -2.07. The van der Waals surface area contributed by atoms with Crippen LogP contribution in [-0.4, -0.2) is 7.05 Å². The Morgan fingerprint density at radius 2 is 1.88 bits per heavy atom. The van der Waals surface area contributed by atoms with Gasteiger partial charge >= 0.3 is 0 Å². The predicted octanol–water partition coefficient (Wildman–Crippen LogP) is 4.31. The highest BCUT2D eigenvalue weighted by molar-refractivity contribution is 7.15. The lowest BCUT2D eigenvalue weighted by Crippen LogP contribution is -2.10. The molecule has 1 aromatic carbocycles. The van der Waals surface area contributed by atoms with Crippen molar-refractivity contribution in [2.45, 2.75) is 26.8 Å². The van der Waals surface area contributed by atoms with Crippen molar-refractivity contribution in [3.8, 4) is 10.4 Å². The third-order valence-corrected chi connectivity index (χ3v) is 4.45. The highest BCUT2D eigenvalue weighted by Crippen LogP contribution is 2.33. The third kappa shape index (κ3) is 2.59. The van der Waals surface area contributed by atoms with Crippen molar-refractivity contribution >= 4 is 11.3 Å². The molecule has 0 spiro atoms. The molecule has 90 valence electrons. The van der Waals surface area contributed by atoms with E-state index < -0.39 is 0 Å². The molecule has 2 aromatic rings. The molecule has 0 saturated carbocycles. The Bertz CT molecular complexity index is 513. The molecule has 0 fully saturated rings. The zero-order valence-electron chi connectivity index (χ0n) is 10.9. The average molecular weight is 245 g/mol. The molecule has 1 aromatic heterocycles. The van der Waals surface area contributed by atoms with Crippen LogP contribution in [0.5, 0.6) is 0 Å². The van der Waals surface area contributed by atoms with Crippen LogP contribution in [-0.2, 0) is 0 Å². The van der Waals surface area contributed by atoms with Crippen molar-refractivity contribution in [1.82, 2.24) is 5.32 Å². The van der Waals surface area contributed by atoms with Gasteiger partial charge in [0, 0.05) is 15.8 Å². The molecule has 0 bridgehead atoms. The predicted molar refractivity (Wildman–Crippen MR) is 76.7 cm³/mol. The van der Waals surface area contributed by atoms with E-state index in [4.69, 9.17) is 0 Å². The molecule has 1 heterocycles. The minimum absolute atomic E-state index is 0.430. The first kappa shape index (κ1) is 12.3. The molecule has 1 atom stereocenters. The summed E-state index contributed by atoms with van der Waals surface area (Å²) in [6.07, 6.45) is 0. The minimum Gasteiger partial charge on any atom is -0.313 e. The van der Waals surface area contributed by atoms with Crippen molar-refractivity contribution in [2.24, 2.45) is 0 Å². The third-order valence-electron chi connectivity index (χ3n) is 3.15. The van der Waals surface area contributed by atoms with Crippen LogP contribution in [0.15, 0.2) is 30.3 Å². The molecule has 1 nitrogen and oxygen atoms in total. The van der Waals surface area contributed by atoms with Crippen molar-refractivity contribution in [1.29, 1.82) is 0 Å². The average Bonchev–Trinajstić information content (AvgIpc) is 2.80. The lowest BCUT2D eigenvalue weighted by atomic mass is 10.0. The van der Waals surface area contributed by atoms with Gasteiger partial charge in [0.2, 0.25) is 0 Å². The maximum atomic E-state index is 3.28. The molecular weight excluding hydrogens is 226 g/mol. The molecular formula is C15H19NS. The summed E-state index contributed by atoms with van der Waals surface area (Å²) in [6.45, 7) is 6.52. The normalized spacial score (nSPS) is 12.7. The molecule has 0 radical (unpaired) electrons. The van der Waals surface area contributed by atoms with Crippen LogP contribution in [0.1, 0.15) is 29.0 Å². The van der Waals surface area contributed by atoms with Crippen LogP contribution in [0, 0.1) is 13.8 Å². The number of hydrogen-bond acceptors (Lipinski definition) is 2. The lowest BCUT2D eigenvalue weighted by molar-refractivity contribution is 0.664. The molecule has 0 saturated heterocycles. The number of aryl methyl sites for hydroxylation is 2. The quantitative estimate of drug-likeness (QED) is 0.849. The van der Waals surface area contributed by atoms with Gasteiger partial charge in [0.25, 0.3) is 0 Å². The first-order valence-corrected chi connectivity index (χ1v) is 6.78. The summed E-state index contributed by atoms with van der Waals surface area (Å²) in [5.74, 6) is 0. The first-order valence-electron chi connectivity index (χ1n) is 5.96. The van der Waals surface area contributed by atoms with E-state index in [2.05, 4.69) is 56.4 Å². The number of thiophene rings is 1. The largest absolute Gasteiger partial charge is 0.313 e. The number of benzene rings is 1. The smallest absolute Gasteiger partial charge is 0.0383 e. The van der Waals surface area contributed by atoms with Gasteiger partial charge in [0.05, 0.1) is 0 Å². The van der Waals surface area contributed by atoms with Gasteiger partial charge in [-0.2, -0.15) is 0 Å². The molecule has 0 aliphatic rings. The molecule has 1 unspecified atom stereocenters. The zero-order valence-corrected chi connectivity index (χ0v) is 11.7. The fourth-order valence-electron chi connectivity index (χ4n) is 1.87. The maximum absolute atomic E-state index is 3.28. The van der Waals surface area contributed by atoms with Crippen LogP contribution in [0.3, 0.4) is 0 Å². The number of hydrogen-bond donors (Lipinski definition) is 1. The van der Waals surface area contributed by atoms with Gasteiger partial charge in [-0.3, -0.25) is 0 Å². The second-order valence-corrected chi connectivity index (χ2v) is 5.65. The summed E-state index contributed by atoms with van der Waals surface area (Å²) in [4.78, 5) is 2.76. The highest BCUT2D eigenvalue weighted by atomic mass is 32.1. The van der Waals surface area contributed by atoms with Gasteiger partial charge < -0.3 is 5.32 Å². The van der Waals surface area contributed by atoms with Gasteiger partial charge in [-0.1, -0.05) is 23.8 Å². The van der Waals surface area contributed by atoms with Gasteiger partial charge in [0.1, 0.15) is 0 Å². The van der Waals surface area contributed by atoms with Crippen molar-refractivity contribution < 1.29 is 0 Å². The SMILES string of the molecule is CNC(C)c1ccc(-c2cc(C)ccc2C)s1. The molecule has 2 heteroatoms. The van der Waals surface area contributed by atoms with E-state index in [1.807, 2.05) is 18.4 Å². The van der Waals surface area contributed by atoms with E-state index in [1.165, 1.54) is 26.4 Å². The van der Waals surface area contributed by atoms with E-state index >= 15 is 0 Å². The van der Waals surface area contributed by atoms with E-state index in [1.54, 1.807) is 0 Å². The van der Waals surface area contributed by atoms with E-state index in [0.29, 0.717) is 6.04 Å². The van der Waals surface area contributed by atoms with Crippen LogP contribution in [0.2, 0.25) is 0 Å². The molecule has 0 aliphatic carbocycles. The minimum atomic E-state index is 0.430. The van der Waals surface area contributed by atoms with E-state index in [-0.39, 0.29) is 0 Å². The fourth-order valence-corrected chi connectivity index (χ4v) is 3.02. The van der Waals surface area contributed by atoms with Gasteiger partial charge in [-0.05, 0) is 51.1 Å². The van der Waals surface area contributed by atoms with Crippen LogP contribution < -0.4 is 5.32 Å². The summed E-state index contributed by atoms with van der Waals surface area (Å²) in [7, 11) is 2.00. The molecule has 17 heavy (non-hydrogen) atoms. The second kappa shape index (κ2) is 5.03. The monoisotopic (exact) mass is 245 g/mol. The molecule has 0 amide bonds. The molecule has 2 rings (SSSR count). The highest BCUT2D eigenvalue weighted by Gasteiger charge is 2.09. The van der Waals surface area contributed by atoms with Crippen molar-refractivity contribution in [3.05, 3.63) is 46.3 Å². The first-order chi connectivity index (χ1) is 8.11. The Balaban J connectivity index is 2.40. The Kier molecular flexibility index (Phi) is 3.65. The standard InChI is InChI=1S/C15H19NS/c1-10-5-6-11(2)13(9-10)15-8-7-14(17-15)12(3)16-4/h5-9,12,16H,1-4H3. The van der Waals surface area contributed by atoms with Gasteiger partial charge in [-0.15, -0.1) is 11.3 Å². The Labute approximate surface area is 108 Å². The topological polar surface area (TPSA) is 12.0 Å². The number of rotatable bonds is 3. The summed E-state index contributed by atoms with van der Waals surface area (Å²) in [5.41, 5.74) is 4.04. The van der Waals surface area contributed by atoms with Crippen molar-refractivity contribution in [3.63, 3.8) is 0 Å². The van der Waals surface area contributed by atoms with E-state index in [9.17, 15) is 0 Å². The molecule has 0 aliphatic heterocycles. The summed E-state index contributed by atoms with van der Waals surface area (Å²) >= 11 is 1.88. The van der Waals surface area contributed by atoms with Gasteiger partial charge in [0.15, 0.2) is 0 Å². The van der Waals surface area contributed by atoms with Crippen molar-refractivity contribution in [2.75, 3.05) is 7.05 Å². The second-order valence-electron chi connectivity index (χ2n) is 4.53. The Hall–Kier alpha value is -1.12. The Morgan fingerprint density at radius 3 is 2.59 bits per heavy atom. The van der Waals surface area contributed by atoms with Crippen LogP contribution >= 0.6 is 11.3 Å². The fraction of sp³-hybridized carbons (Fsp3) is 0.333. The number of nitrogens with one attached hydrogen (secondary N) is 1. The van der Waals surface area contributed by atoms with E-state index in [0.717, 1.165) is 0 Å². The summed E-state index contributed by atoms with van der Waals surface area (Å²) in [5, 5.41) is 3.28. The molecule has 1 N–H and O–H groups in total. The summed E-state index contributed by atoms with van der Waals surface area (Å²) in [6, 6.07) is 11.5. The van der Waals surface area contributed by atoms with Crippen LogP contribution in [0.4, 0.5) is 0 Å².